The molecule has 7 heteroatoms. The summed E-state index contributed by atoms with van der Waals surface area (Å²) in [5.41, 5.74) is 2.35. The number of nitrogens with one attached hydrogen (secondary N) is 1. The van der Waals surface area contributed by atoms with Gasteiger partial charge in [0.25, 0.3) is 5.91 Å². The lowest BCUT2D eigenvalue weighted by Gasteiger charge is -2.19. The van der Waals surface area contributed by atoms with Crippen LogP contribution >= 0.6 is 0 Å². The number of carbonyl (C=O) groups excluding carboxylic acids is 2. The fraction of sp³-hybridized carbons (Fsp3) is 0.381. The molecule has 3 heterocycles. The van der Waals surface area contributed by atoms with Gasteiger partial charge in [0.1, 0.15) is 17.5 Å². The van der Waals surface area contributed by atoms with Crippen molar-refractivity contribution in [3.63, 3.8) is 0 Å². The highest BCUT2D eigenvalue weighted by Crippen LogP contribution is 2.47. The second-order valence-corrected chi connectivity index (χ2v) is 7.80. The first kappa shape index (κ1) is 18.3. The molecule has 1 aromatic heterocycles. The van der Waals surface area contributed by atoms with E-state index in [1.807, 2.05) is 26.0 Å². The van der Waals surface area contributed by atoms with Gasteiger partial charge >= 0.3 is 6.03 Å². The molecule has 7 nitrogen and oxygen atoms in total. The Morgan fingerprint density at radius 1 is 1.29 bits per heavy atom. The fourth-order valence-electron chi connectivity index (χ4n) is 3.64. The lowest BCUT2D eigenvalue weighted by molar-refractivity contribution is -0.118. The molecule has 2 aromatic rings. The smallest absolute Gasteiger partial charge is 0.329 e. The second kappa shape index (κ2) is 6.51. The Morgan fingerprint density at radius 2 is 2.07 bits per heavy atom. The zero-order chi connectivity index (χ0) is 20.1. The van der Waals surface area contributed by atoms with Crippen LogP contribution in [0.15, 0.2) is 30.5 Å². The maximum Gasteiger partial charge on any atom is 0.329 e. The Hall–Kier alpha value is -3.09. The van der Waals surface area contributed by atoms with Gasteiger partial charge in [-0.3, -0.25) is 4.79 Å². The van der Waals surface area contributed by atoms with Crippen LogP contribution in [0.3, 0.4) is 0 Å². The van der Waals surface area contributed by atoms with Gasteiger partial charge in [-0.2, -0.15) is 0 Å². The lowest BCUT2D eigenvalue weighted by atomic mass is 9.85. The first-order valence-corrected chi connectivity index (χ1v) is 9.37. The number of nitrogens with zero attached hydrogens (tertiary/aromatic N) is 2. The van der Waals surface area contributed by atoms with E-state index in [2.05, 4.69) is 24.1 Å². The number of carbonyl (C=O) groups is 2. The van der Waals surface area contributed by atoms with E-state index in [-0.39, 0.29) is 11.3 Å². The molecule has 0 aliphatic carbocycles. The standard InChI is InChI=1S/C21H23N3O4/c1-5-14-19(25)24(20(26)23-14)13-7-9-16(22-10-13)28-15-8-6-12(2)18-17(15)21(3,4)11-27-18/h6-10,14H,5,11H2,1-4H3,(H,23,26)/t14-/m1/s1. The maximum atomic E-state index is 12.3. The Balaban J connectivity index is 1.60. The van der Waals surface area contributed by atoms with Gasteiger partial charge in [0.15, 0.2) is 0 Å². The molecule has 1 atom stereocenters. The first-order valence-electron chi connectivity index (χ1n) is 9.37. The van der Waals surface area contributed by atoms with Crippen LogP contribution in [0.25, 0.3) is 0 Å². The van der Waals surface area contributed by atoms with Gasteiger partial charge in [0.05, 0.1) is 18.5 Å². The Labute approximate surface area is 163 Å². The molecule has 146 valence electrons. The number of hydrogen-bond acceptors (Lipinski definition) is 5. The third-order valence-corrected chi connectivity index (χ3v) is 5.19. The summed E-state index contributed by atoms with van der Waals surface area (Å²) in [6.45, 7) is 8.69. The SMILES string of the molecule is CC[C@H]1NC(=O)N(c2ccc(Oc3ccc(C)c4c3C(C)(C)CO4)nc2)C1=O. The van der Waals surface area contributed by atoms with Crippen molar-refractivity contribution >= 4 is 17.6 Å². The van der Waals surface area contributed by atoms with Crippen LogP contribution in [-0.2, 0) is 10.2 Å². The average molecular weight is 381 g/mol. The molecule has 1 saturated heterocycles. The van der Waals surface area contributed by atoms with Crippen LogP contribution in [0.4, 0.5) is 10.5 Å². The molecule has 1 fully saturated rings. The summed E-state index contributed by atoms with van der Waals surface area (Å²) in [6, 6.07) is 6.28. The number of urea groups is 1. The normalized spacial score (nSPS) is 20.0. The van der Waals surface area contributed by atoms with Gasteiger partial charge in [0, 0.05) is 17.0 Å². The summed E-state index contributed by atoms with van der Waals surface area (Å²) < 4.78 is 11.9. The third kappa shape index (κ3) is 2.87. The maximum absolute atomic E-state index is 12.3. The van der Waals surface area contributed by atoms with E-state index in [9.17, 15) is 9.59 Å². The van der Waals surface area contributed by atoms with E-state index >= 15 is 0 Å². The molecule has 2 aliphatic rings. The predicted octanol–water partition coefficient (Wildman–Crippen LogP) is 3.69. The van der Waals surface area contributed by atoms with Gasteiger partial charge in [-0.1, -0.05) is 26.8 Å². The molecule has 28 heavy (non-hydrogen) atoms. The molecule has 0 bridgehead atoms. The van der Waals surface area contributed by atoms with E-state index in [0.717, 1.165) is 21.8 Å². The number of anilines is 1. The number of fused-ring (bicyclic) bond motifs is 1. The van der Waals surface area contributed by atoms with Crippen molar-refractivity contribution < 1.29 is 19.1 Å². The van der Waals surface area contributed by atoms with E-state index in [1.54, 1.807) is 12.1 Å². The number of rotatable bonds is 4. The molecular weight excluding hydrogens is 358 g/mol. The van der Waals surface area contributed by atoms with Gasteiger partial charge in [0.2, 0.25) is 5.88 Å². The largest absolute Gasteiger partial charge is 0.492 e. The fourth-order valence-corrected chi connectivity index (χ4v) is 3.64. The molecule has 2 aliphatic heterocycles. The molecule has 3 amide bonds. The van der Waals surface area contributed by atoms with E-state index < -0.39 is 12.1 Å². The summed E-state index contributed by atoms with van der Waals surface area (Å²) in [6.07, 6.45) is 2.02. The number of imide groups is 1. The zero-order valence-electron chi connectivity index (χ0n) is 16.4. The summed E-state index contributed by atoms with van der Waals surface area (Å²) in [5, 5.41) is 2.66. The van der Waals surface area contributed by atoms with Crippen molar-refractivity contribution in [3.05, 3.63) is 41.6 Å². The number of aryl methyl sites for hydroxylation is 1. The lowest BCUT2D eigenvalue weighted by Crippen LogP contribution is -2.31. The first-order chi connectivity index (χ1) is 13.3. The second-order valence-electron chi connectivity index (χ2n) is 7.80. The van der Waals surface area contributed by atoms with Crippen LogP contribution in [0.5, 0.6) is 17.4 Å². The highest BCUT2D eigenvalue weighted by molar-refractivity contribution is 6.21. The van der Waals surface area contributed by atoms with Crippen molar-refractivity contribution in [2.24, 2.45) is 0 Å². The molecule has 0 radical (unpaired) electrons. The van der Waals surface area contributed by atoms with Crippen molar-refractivity contribution in [1.29, 1.82) is 0 Å². The van der Waals surface area contributed by atoms with Crippen molar-refractivity contribution in [2.75, 3.05) is 11.5 Å². The Morgan fingerprint density at radius 3 is 2.71 bits per heavy atom. The van der Waals surface area contributed by atoms with E-state index in [1.165, 1.54) is 6.20 Å². The van der Waals surface area contributed by atoms with Crippen LogP contribution in [0, 0.1) is 6.92 Å². The Bertz CT molecular complexity index is 953. The summed E-state index contributed by atoms with van der Waals surface area (Å²) in [5.74, 6) is 1.68. The molecule has 1 aromatic carbocycles. The highest BCUT2D eigenvalue weighted by atomic mass is 16.5. The molecular formula is C21H23N3O4. The molecule has 0 saturated carbocycles. The van der Waals surface area contributed by atoms with Crippen LogP contribution in [0.2, 0.25) is 0 Å². The monoisotopic (exact) mass is 381 g/mol. The average Bonchev–Trinajstić information content (AvgIpc) is 3.14. The third-order valence-electron chi connectivity index (χ3n) is 5.19. The zero-order valence-corrected chi connectivity index (χ0v) is 16.4. The number of amides is 3. The van der Waals surface area contributed by atoms with Crippen molar-refractivity contribution in [3.8, 4) is 17.4 Å². The Kier molecular flexibility index (Phi) is 4.25. The summed E-state index contributed by atoms with van der Waals surface area (Å²) >= 11 is 0. The minimum absolute atomic E-state index is 0.161. The molecule has 1 N–H and O–H groups in total. The van der Waals surface area contributed by atoms with Gasteiger partial charge in [-0.05, 0) is 31.0 Å². The molecule has 0 spiro atoms. The number of pyridine rings is 1. The van der Waals surface area contributed by atoms with Crippen molar-refractivity contribution in [1.82, 2.24) is 10.3 Å². The number of benzene rings is 1. The quantitative estimate of drug-likeness (QED) is 0.817. The predicted molar refractivity (Wildman–Crippen MR) is 104 cm³/mol. The summed E-state index contributed by atoms with van der Waals surface area (Å²) in [4.78, 5) is 29.8. The van der Waals surface area contributed by atoms with Crippen molar-refractivity contribution in [2.45, 2.75) is 45.6 Å². The number of hydrogen-bond donors (Lipinski definition) is 1. The number of ether oxygens (including phenoxy) is 2. The van der Waals surface area contributed by atoms with Crippen LogP contribution in [-0.4, -0.2) is 29.6 Å². The van der Waals surface area contributed by atoms with E-state index in [0.29, 0.717) is 30.3 Å². The summed E-state index contributed by atoms with van der Waals surface area (Å²) in [7, 11) is 0. The van der Waals surface area contributed by atoms with Gasteiger partial charge in [-0.15, -0.1) is 0 Å². The van der Waals surface area contributed by atoms with E-state index in [4.69, 9.17) is 9.47 Å². The van der Waals surface area contributed by atoms with Crippen LogP contribution < -0.4 is 19.7 Å². The minimum Gasteiger partial charge on any atom is -0.492 e. The minimum atomic E-state index is -0.485. The van der Waals surface area contributed by atoms with Crippen LogP contribution in [0.1, 0.15) is 38.3 Å². The van der Waals surface area contributed by atoms with Gasteiger partial charge in [-0.25, -0.2) is 14.7 Å². The highest BCUT2D eigenvalue weighted by Gasteiger charge is 2.38. The number of aromatic nitrogens is 1. The molecule has 0 unspecified atom stereocenters. The molecule has 4 rings (SSSR count). The van der Waals surface area contributed by atoms with Gasteiger partial charge < -0.3 is 14.8 Å². The topological polar surface area (TPSA) is 80.8 Å².